The minimum absolute atomic E-state index is 0.00625. The molecule has 0 heterocycles. The van der Waals surface area contributed by atoms with E-state index in [0.717, 1.165) is 25.5 Å². The van der Waals surface area contributed by atoms with Crippen LogP contribution in [0.25, 0.3) is 0 Å². The van der Waals surface area contributed by atoms with E-state index >= 15 is 0 Å². The van der Waals surface area contributed by atoms with Crippen LogP contribution < -0.4 is 4.74 Å². The van der Waals surface area contributed by atoms with Crippen LogP contribution in [0.5, 0.6) is 5.75 Å². The van der Waals surface area contributed by atoms with Gasteiger partial charge in [0.15, 0.2) is 9.84 Å². The highest BCUT2D eigenvalue weighted by atomic mass is 35.7. The van der Waals surface area contributed by atoms with Crippen LogP contribution in [0.3, 0.4) is 0 Å². The molecule has 1 rings (SSSR count). The molecule has 0 aliphatic carbocycles. The molecule has 0 aliphatic heterocycles. The zero-order valence-corrected chi connectivity index (χ0v) is 11.9. The van der Waals surface area contributed by atoms with Crippen molar-refractivity contribution < 1.29 is 26.0 Å². The van der Waals surface area contributed by atoms with Crippen LogP contribution in [0.15, 0.2) is 17.0 Å². The maximum Gasteiger partial charge on any atom is 0.236 e. The Morgan fingerprint density at radius 2 is 1.83 bits per heavy atom. The van der Waals surface area contributed by atoms with E-state index in [4.69, 9.17) is 15.4 Å². The topological polar surface area (TPSA) is 77.5 Å². The van der Waals surface area contributed by atoms with Gasteiger partial charge in [-0.05, 0) is 17.7 Å². The van der Waals surface area contributed by atoms with Gasteiger partial charge in [0.2, 0.25) is 9.05 Å². The fourth-order valence-corrected chi connectivity index (χ4v) is 3.28. The lowest BCUT2D eigenvalue weighted by Crippen LogP contribution is -2.06. The predicted octanol–water partition coefficient (Wildman–Crippen LogP) is 1.31. The molecule has 0 amide bonds. The number of sulfone groups is 1. The van der Waals surface area contributed by atoms with Crippen molar-refractivity contribution >= 4 is 29.6 Å². The molecule has 18 heavy (non-hydrogen) atoms. The fraction of sp³-hybridized carbons (Fsp3) is 0.333. The third-order valence-corrected chi connectivity index (χ3v) is 4.14. The first-order valence-corrected chi connectivity index (χ1v) is 8.90. The number of hydrogen-bond donors (Lipinski definition) is 0. The molecule has 0 unspecified atom stereocenters. The van der Waals surface area contributed by atoms with Crippen LogP contribution in [-0.4, -0.2) is 30.2 Å². The van der Waals surface area contributed by atoms with E-state index in [1.54, 1.807) is 0 Å². The molecule has 0 saturated carbocycles. The Morgan fingerprint density at radius 1 is 1.28 bits per heavy atom. The molecule has 0 saturated heterocycles. The van der Waals surface area contributed by atoms with Crippen molar-refractivity contribution in [2.45, 2.75) is 10.6 Å². The van der Waals surface area contributed by atoms with Crippen molar-refractivity contribution in [2.75, 3.05) is 13.4 Å². The standard InChI is InChI=1S/C9H10ClFO5S2/c1-16-8-4-6(5-18(10,14)15)3-7(11)9(8)17(2,12)13/h3-4H,5H2,1-2H3. The molecular weight excluding hydrogens is 307 g/mol. The van der Waals surface area contributed by atoms with Gasteiger partial charge in [-0.25, -0.2) is 21.2 Å². The summed E-state index contributed by atoms with van der Waals surface area (Å²) < 4.78 is 62.9. The maximum atomic E-state index is 13.7. The summed E-state index contributed by atoms with van der Waals surface area (Å²) in [6, 6.07) is 1.93. The van der Waals surface area contributed by atoms with Crippen molar-refractivity contribution in [3.8, 4) is 5.75 Å². The van der Waals surface area contributed by atoms with E-state index in [0.29, 0.717) is 0 Å². The first-order chi connectivity index (χ1) is 8.04. The third kappa shape index (κ3) is 3.82. The summed E-state index contributed by atoms with van der Waals surface area (Å²) in [5.41, 5.74) is 0.00625. The summed E-state index contributed by atoms with van der Waals surface area (Å²) >= 11 is 0. The average molecular weight is 317 g/mol. The Bertz CT molecular complexity index is 666. The summed E-state index contributed by atoms with van der Waals surface area (Å²) in [6.45, 7) is 0. The van der Waals surface area contributed by atoms with Gasteiger partial charge in [-0.3, -0.25) is 0 Å². The van der Waals surface area contributed by atoms with Crippen molar-refractivity contribution in [2.24, 2.45) is 0 Å². The number of rotatable bonds is 4. The molecule has 1 aromatic rings. The summed E-state index contributed by atoms with van der Waals surface area (Å²) in [4.78, 5) is -0.610. The van der Waals surface area contributed by atoms with Gasteiger partial charge in [0.25, 0.3) is 0 Å². The molecule has 5 nitrogen and oxygen atoms in total. The van der Waals surface area contributed by atoms with Crippen molar-refractivity contribution in [3.63, 3.8) is 0 Å². The summed E-state index contributed by atoms with van der Waals surface area (Å²) in [6.07, 6.45) is 0.825. The van der Waals surface area contributed by atoms with E-state index < -0.39 is 35.4 Å². The summed E-state index contributed by atoms with van der Waals surface area (Å²) in [5.74, 6) is -1.95. The molecule has 0 N–H and O–H groups in total. The second-order valence-electron chi connectivity index (χ2n) is 3.56. The summed E-state index contributed by atoms with van der Waals surface area (Å²) in [5, 5.41) is 0. The van der Waals surface area contributed by atoms with E-state index in [-0.39, 0.29) is 11.3 Å². The molecule has 0 fully saturated rings. The molecule has 9 heteroatoms. The maximum absolute atomic E-state index is 13.7. The zero-order chi connectivity index (χ0) is 14.1. The normalized spacial score (nSPS) is 12.4. The van der Waals surface area contributed by atoms with Crippen molar-refractivity contribution in [1.82, 2.24) is 0 Å². The van der Waals surface area contributed by atoms with Crippen LogP contribution >= 0.6 is 10.7 Å². The molecule has 0 aliphatic rings. The molecule has 1 aromatic carbocycles. The van der Waals surface area contributed by atoms with E-state index in [2.05, 4.69) is 0 Å². The Balaban J connectivity index is 3.46. The SMILES string of the molecule is COc1cc(CS(=O)(=O)Cl)cc(F)c1S(C)(=O)=O. The second-order valence-corrected chi connectivity index (χ2v) is 8.29. The number of halogens is 2. The average Bonchev–Trinajstić information content (AvgIpc) is 2.11. The van der Waals surface area contributed by atoms with Gasteiger partial charge in [0.05, 0.1) is 12.9 Å². The van der Waals surface area contributed by atoms with Crippen LogP contribution in [0.2, 0.25) is 0 Å². The van der Waals surface area contributed by atoms with Gasteiger partial charge in [-0.15, -0.1) is 0 Å². The highest BCUT2D eigenvalue weighted by molar-refractivity contribution is 8.13. The Labute approximate surface area is 109 Å². The van der Waals surface area contributed by atoms with Gasteiger partial charge < -0.3 is 4.74 Å². The number of methoxy groups -OCH3 is 1. The third-order valence-electron chi connectivity index (χ3n) is 2.00. The molecule has 0 bridgehead atoms. The molecule has 0 atom stereocenters. The van der Waals surface area contributed by atoms with Gasteiger partial charge in [-0.1, -0.05) is 0 Å². The van der Waals surface area contributed by atoms with Crippen molar-refractivity contribution in [1.29, 1.82) is 0 Å². The second kappa shape index (κ2) is 5.02. The number of benzene rings is 1. The largest absolute Gasteiger partial charge is 0.495 e. The van der Waals surface area contributed by atoms with E-state index in [1.165, 1.54) is 0 Å². The zero-order valence-electron chi connectivity index (χ0n) is 9.48. The Morgan fingerprint density at radius 3 is 2.22 bits per heavy atom. The van der Waals surface area contributed by atoms with Gasteiger partial charge in [0, 0.05) is 16.9 Å². The lowest BCUT2D eigenvalue weighted by Gasteiger charge is -2.10. The van der Waals surface area contributed by atoms with Crippen LogP contribution in [0.4, 0.5) is 4.39 Å². The van der Waals surface area contributed by atoms with Crippen LogP contribution in [0, 0.1) is 5.82 Å². The van der Waals surface area contributed by atoms with E-state index in [1.807, 2.05) is 0 Å². The van der Waals surface area contributed by atoms with Gasteiger partial charge in [-0.2, -0.15) is 0 Å². The fourth-order valence-electron chi connectivity index (χ4n) is 1.42. The Kier molecular flexibility index (Phi) is 4.24. The minimum atomic E-state index is -3.87. The lowest BCUT2D eigenvalue weighted by atomic mass is 10.2. The summed E-state index contributed by atoms with van der Waals surface area (Å²) in [7, 11) is -1.49. The Hall–Kier alpha value is -0.860. The highest BCUT2D eigenvalue weighted by Crippen LogP contribution is 2.29. The molecule has 0 radical (unpaired) electrons. The van der Waals surface area contributed by atoms with Crippen molar-refractivity contribution in [3.05, 3.63) is 23.5 Å². The lowest BCUT2D eigenvalue weighted by molar-refractivity contribution is 0.394. The molecular formula is C9H10ClFO5S2. The molecule has 0 aromatic heterocycles. The minimum Gasteiger partial charge on any atom is -0.495 e. The highest BCUT2D eigenvalue weighted by Gasteiger charge is 2.22. The van der Waals surface area contributed by atoms with Gasteiger partial charge >= 0.3 is 0 Å². The first-order valence-electron chi connectivity index (χ1n) is 4.53. The number of ether oxygens (including phenoxy) is 1. The first kappa shape index (κ1) is 15.2. The quantitative estimate of drug-likeness (QED) is 0.783. The smallest absolute Gasteiger partial charge is 0.236 e. The predicted molar refractivity (Wildman–Crippen MR) is 64.5 cm³/mol. The van der Waals surface area contributed by atoms with Crippen LogP contribution in [0.1, 0.15) is 5.56 Å². The molecule has 102 valence electrons. The van der Waals surface area contributed by atoms with Crippen LogP contribution in [-0.2, 0) is 24.6 Å². The van der Waals surface area contributed by atoms with Gasteiger partial charge in [0.1, 0.15) is 16.5 Å². The van der Waals surface area contributed by atoms with E-state index in [9.17, 15) is 21.2 Å². The monoisotopic (exact) mass is 316 g/mol. The number of hydrogen-bond acceptors (Lipinski definition) is 5. The molecule has 0 spiro atoms.